The summed E-state index contributed by atoms with van der Waals surface area (Å²) < 4.78 is 10.4. The molecule has 7 heteroatoms. The Balaban J connectivity index is 1.80. The van der Waals surface area contributed by atoms with E-state index in [2.05, 4.69) is 5.32 Å². The number of hydrogen-bond acceptors (Lipinski definition) is 5. The molecule has 0 aromatic heterocycles. The number of benzene rings is 2. The lowest BCUT2D eigenvalue weighted by molar-refractivity contribution is -0.106. The van der Waals surface area contributed by atoms with Crippen LogP contribution in [-0.2, 0) is 4.79 Å². The molecule has 0 radical (unpaired) electrons. The van der Waals surface area contributed by atoms with E-state index in [4.69, 9.17) is 9.47 Å². The van der Waals surface area contributed by atoms with Gasteiger partial charge in [-0.3, -0.25) is 9.59 Å². The highest BCUT2D eigenvalue weighted by molar-refractivity contribution is 6.12. The molecule has 24 heavy (non-hydrogen) atoms. The van der Waals surface area contributed by atoms with Gasteiger partial charge in [0.25, 0.3) is 0 Å². The maximum atomic E-state index is 12.4. The zero-order valence-corrected chi connectivity index (χ0v) is 12.8. The summed E-state index contributed by atoms with van der Waals surface area (Å²) in [5, 5.41) is 2.61. The monoisotopic (exact) mass is 326 g/mol. The van der Waals surface area contributed by atoms with Gasteiger partial charge in [-0.05, 0) is 31.2 Å². The largest absolute Gasteiger partial charge is 0.454 e. The average Bonchev–Trinajstić information content (AvgIpc) is 3.03. The zero-order valence-electron chi connectivity index (χ0n) is 12.8. The number of Topliss-reactive ketones (excluding diaryl/α,β-unsaturated/α-hetero) is 1. The van der Waals surface area contributed by atoms with E-state index in [-0.39, 0.29) is 12.6 Å². The molecule has 7 nitrogen and oxygen atoms in total. The number of hydrogen-bond donors (Lipinski definition) is 1. The van der Waals surface area contributed by atoms with Crippen molar-refractivity contribution in [2.75, 3.05) is 17.0 Å². The van der Waals surface area contributed by atoms with Crippen LogP contribution in [0.2, 0.25) is 0 Å². The van der Waals surface area contributed by atoms with Crippen molar-refractivity contribution < 1.29 is 23.9 Å². The smallest absolute Gasteiger partial charge is 0.332 e. The van der Waals surface area contributed by atoms with Crippen molar-refractivity contribution in [2.24, 2.45) is 0 Å². The zero-order chi connectivity index (χ0) is 17.1. The van der Waals surface area contributed by atoms with Gasteiger partial charge >= 0.3 is 6.03 Å². The van der Waals surface area contributed by atoms with Crippen LogP contribution in [0.5, 0.6) is 11.5 Å². The van der Waals surface area contributed by atoms with E-state index in [1.807, 2.05) is 0 Å². The van der Waals surface area contributed by atoms with E-state index >= 15 is 0 Å². The molecule has 0 fully saturated rings. The van der Waals surface area contributed by atoms with Crippen LogP contribution in [0.25, 0.3) is 0 Å². The summed E-state index contributed by atoms with van der Waals surface area (Å²) in [7, 11) is 0. The SMILES string of the molecule is CC(=O)c1cccc(N(C=O)C(=O)Nc2ccc3c(c2)OCO3)c1. The van der Waals surface area contributed by atoms with Gasteiger partial charge in [-0.2, -0.15) is 0 Å². The van der Waals surface area contributed by atoms with Crippen LogP contribution in [0.15, 0.2) is 42.5 Å². The highest BCUT2D eigenvalue weighted by atomic mass is 16.7. The first-order valence-electron chi connectivity index (χ1n) is 7.14. The van der Waals surface area contributed by atoms with Crippen LogP contribution in [0.3, 0.4) is 0 Å². The second-order valence-corrected chi connectivity index (χ2v) is 5.08. The van der Waals surface area contributed by atoms with Crippen molar-refractivity contribution in [1.82, 2.24) is 0 Å². The topological polar surface area (TPSA) is 84.9 Å². The molecule has 0 bridgehead atoms. The number of ether oxygens (including phenoxy) is 2. The molecule has 0 spiro atoms. The fraction of sp³-hybridized carbons (Fsp3) is 0.118. The first-order chi connectivity index (χ1) is 11.6. The maximum Gasteiger partial charge on any atom is 0.332 e. The molecule has 2 aromatic carbocycles. The summed E-state index contributed by atoms with van der Waals surface area (Å²) in [4.78, 5) is 36.0. The van der Waals surface area contributed by atoms with Crippen molar-refractivity contribution in [1.29, 1.82) is 0 Å². The van der Waals surface area contributed by atoms with Crippen LogP contribution in [0.1, 0.15) is 17.3 Å². The Kier molecular flexibility index (Phi) is 4.15. The third-order valence-corrected chi connectivity index (χ3v) is 3.48. The predicted molar refractivity (Wildman–Crippen MR) is 86.6 cm³/mol. The third kappa shape index (κ3) is 3.05. The normalized spacial score (nSPS) is 11.7. The highest BCUT2D eigenvalue weighted by Gasteiger charge is 2.18. The quantitative estimate of drug-likeness (QED) is 0.690. The first-order valence-corrected chi connectivity index (χ1v) is 7.14. The summed E-state index contributed by atoms with van der Waals surface area (Å²) in [5.41, 5.74) is 1.17. The van der Waals surface area contributed by atoms with Gasteiger partial charge in [0.15, 0.2) is 17.3 Å². The Morgan fingerprint density at radius 3 is 2.67 bits per heavy atom. The van der Waals surface area contributed by atoms with Crippen LogP contribution in [0.4, 0.5) is 16.2 Å². The van der Waals surface area contributed by atoms with Crippen molar-refractivity contribution in [3.63, 3.8) is 0 Å². The lowest BCUT2D eigenvalue weighted by Crippen LogP contribution is -2.33. The summed E-state index contributed by atoms with van der Waals surface area (Å²) in [6.07, 6.45) is 0.390. The minimum atomic E-state index is -0.649. The fourth-order valence-corrected chi connectivity index (χ4v) is 2.26. The predicted octanol–water partition coefficient (Wildman–Crippen LogP) is 2.81. The molecular weight excluding hydrogens is 312 g/mol. The Morgan fingerprint density at radius 2 is 1.92 bits per heavy atom. The number of fused-ring (bicyclic) bond motifs is 1. The Labute approximate surface area is 137 Å². The van der Waals surface area contributed by atoms with Gasteiger partial charge in [0.2, 0.25) is 13.2 Å². The maximum absolute atomic E-state index is 12.4. The molecule has 0 atom stereocenters. The van der Waals surface area contributed by atoms with Crippen LogP contribution < -0.4 is 19.7 Å². The molecular formula is C17H14N2O5. The van der Waals surface area contributed by atoms with Crippen molar-refractivity contribution in [3.8, 4) is 11.5 Å². The Hall–Kier alpha value is -3.35. The molecule has 122 valence electrons. The van der Waals surface area contributed by atoms with Gasteiger partial charge < -0.3 is 14.8 Å². The van der Waals surface area contributed by atoms with E-state index in [1.54, 1.807) is 36.4 Å². The van der Waals surface area contributed by atoms with Gasteiger partial charge in [-0.25, -0.2) is 9.69 Å². The van der Waals surface area contributed by atoms with Crippen molar-refractivity contribution >= 4 is 29.6 Å². The molecule has 3 rings (SSSR count). The van der Waals surface area contributed by atoms with E-state index in [0.717, 1.165) is 4.90 Å². The molecule has 3 amide bonds. The second-order valence-electron chi connectivity index (χ2n) is 5.08. The Bertz CT molecular complexity index is 818. The number of ketones is 1. The number of urea groups is 1. The molecule has 0 saturated carbocycles. The lowest BCUT2D eigenvalue weighted by Gasteiger charge is -2.17. The van der Waals surface area contributed by atoms with Gasteiger partial charge in [-0.1, -0.05) is 12.1 Å². The second kappa shape index (κ2) is 6.41. The van der Waals surface area contributed by atoms with Crippen molar-refractivity contribution in [3.05, 3.63) is 48.0 Å². The number of carbonyl (C=O) groups is 3. The molecule has 0 saturated heterocycles. The number of carbonyl (C=O) groups excluding carboxylic acids is 3. The fourth-order valence-electron chi connectivity index (χ4n) is 2.26. The number of nitrogens with zero attached hydrogens (tertiary/aromatic N) is 1. The van der Waals surface area contributed by atoms with E-state index < -0.39 is 6.03 Å². The average molecular weight is 326 g/mol. The molecule has 0 aliphatic carbocycles. The number of amides is 3. The van der Waals surface area contributed by atoms with E-state index in [1.165, 1.54) is 13.0 Å². The van der Waals surface area contributed by atoms with E-state index in [9.17, 15) is 14.4 Å². The lowest BCUT2D eigenvalue weighted by atomic mass is 10.1. The summed E-state index contributed by atoms with van der Waals surface area (Å²) >= 11 is 0. The summed E-state index contributed by atoms with van der Waals surface area (Å²) in [5.74, 6) is 0.956. The molecule has 0 unspecified atom stereocenters. The minimum Gasteiger partial charge on any atom is -0.454 e. The van der Waals surface area contributed by atoms with Crippen molar-refractivity contribution in [2.45, 2.75) is 6.92 Å². The summed E-state index contributed by atoms with van der Waals surface area (Å²) in [6.45, 7) is 1.54. The van der Waals surface area contributed by atoms with E-state index in [0.29, 0.717) is 34.8 Å². The van der Waals surface area contributed by atoms with Crippen LogP contribution in [0, 0.1) is 0 Å². The molecule has 1 aliphatic heterocycles. The van der Waals surface area contributed by atoms with Crippen LogP contribution in [-0.4, -0.2) is 25.0 Å². The minimum absolute atomic E-state index is 0.130. The van der Waals surface area contributed by atoms with Crippen LogP contribution >= 0.6 is 0 Å². The Morgan fingerprint density at radius 1 is 1.12 bits per heavy atom. The van der Waals surface area contributed by atoms with Gasteiger partial charge in [-0.15, -0.1) is 0 Å². The number of rotatable bonds is 4. The standard InChI is InChI=1S/C17H14N2O5/c1-11(21)12-3-2-4-14(7-12)19(9-20)17(22)18-13-5-6-15-16(8-13)24-10-23-15/h2-9H,10H2,1H3,(H,18,22). The highest BCUT2D eigenvalue weighted by Crippen LogP contribution is 2.34. The number of anilines is 2. The summed E-state index contributed by atoms with van der Waals surface area (Å²) in [6, 6.07) is 10.5. The number of imide groups is 1. The molecule has 1 aliphatic rings. The third-order valence-electron chi connectivity index (χ3n) is 3.48. The molecule has 2 aromatic rings. The van der Waals surface area contributed by atoms with Gasteiger partial charge in [0.05, 0.1) is 5.69 Å². The van der Waals surface area contributed by atoms with Gasteiger partial charge in [0, 0.05) is 17.3 Å². The number of nitrogens with one attached hydrogen (secondary N) is 1. The molecule has 1 heterocycles. The molecule has 1 N–H and O–H groups in total. The van der Waals surface area contributed by atoms with Gasteiger partial charge in [0.1, 0.15) is 0 Å². The first kappa shape index (κ1) is 15.5.